The average molecular weight is 509 g/mol. The van der Waals surface area contributed by atoms with E-state index in [0.717, 1.165) is 4.70 Å². The maximum absolute atomic E-state index is 13.4. The van der Waals surface area contributed by atoms with Crippen LogP contribution in [0.15, 0.2) is 65.2 Å². The minimum Gasteiger partial charge on any atom is -0.504 e. The number of phenols is 1. The van der Waals surface area contributed by atoms with Gasteiger partial charge < -0.3 is 19.7 Å². The second kappa shape index (κ2) is 9.05. The van der Waals surface area contributed by atoms with E-state index in [2.05, 4.69) is 4.98 Å². The fourth-order valence-corrected chi connectivity index (χ4v) is 5.71. The van der Waals surface area contributed by atoms with E-state index < -0.39 is 23.5 Å². The fourth-order valence-electron chi connectivity index (χ4n) is 4.01. The Balaban J connectivity index is 1.67. The number of Topliss-reactive ketones (excluding diaryl/α,β-unsaturated/α-hetero) is 1. The second-order valence-electron chi connectivity index (χ2n) is 7.64. The lowest BCUT2D eigenvalue weighted by Gasteiger charge is -2.24. The zero-order valence-corrected chi connectivity index (χ0v) is 20.4. The Bertz CT molecular complexity index is 1470. The van der Waals surface area contributed by atoms with Crippen LogP contribution in [0.5, 0.6) is 17.2 Å². The number of ether oxygens (including phenoxy) is 2. The lowest BCUT2D eigenvalue weighted by molar-refractivity contribution is -0.117. The number of fused-ring (bicyclic) bond motifs is 1. The summed E-state index contributed by atoms with van der Waals surface area (Å²) in [6.45, 7) is 2.40. The largest absolute Gasteiger partial charge is 0.504 e. The summed E-state index contributed by atoms with van der Waals surface area (Å²) in [5.74, 6) is -1.05. The number of methoxy groups -OCH3 is 1. The maximum atomic E-state index is 13.4. The average Bonchev–Trinajstić information content (AvgIpc) is 3.58. The molecule has 2 aromatic heterocycles. The van der Waals surface area contributed by atoms with E-state index in [-0.39, 0.29) is 17.1 Å². The number of carbonyl (C=O) groups excluding carboxylic acids is 2. The van der Waals surface area contributed by atoms with Gasteiger partial charge in [0.15, 0.2) is 22.4 Å². The van der Waals surface area contributed by atoms with Crippen molar-refractivity contribution in [2.45, 2.75) is 13.0 Å². The van der Waals surface area contributed by atoms with E-state index in [4.69, 9.17) is 9.47 Å². The lowest BCUT2D eigenvalue weighted by Crippen LogP contribution is -2.30. The molecule has 3 heterocycles. The van der Waals surface area contributed by atoms with Gasteiger partial charge in [0.05, 0.1) is 40.4 Å². The molecule has 1 aliphatic heterocycles. The highest BCUT2D eigenvalue weighted by Gasteiger charge is 2.46. The van der Waals surface area contributed by atoms with E-state index in [1.807, 2.05) is 13.0 Å². The van der Waals surface area contributed by atoms with Gasteiger partial charge in [0, 0.05) is 0 Å². The molecule has 0 saturated carbocycles. The van der Waals surface area contributed by atoms with Crippen molar-refractivity contribution in [2.75, 3.05) is 18.6 Å². The number of hydrogen-bond acceptors (Lipinski definition) is 9. The predicted octanol–water partition coefficient (Wildman–Crippen LogP) is 5.25. The molecule has 5 rings (SSSR count). The SMILES string of the molecule is CCOc1ccc2nc(N3C(=O)C(O)=C(C(=O)c4cccs4)C3c3ccc(O)c(OC)c3)sc2c1. The number of ketones is 1. The number of anilines is 1. The Morgan fingerprint density at radius 3 is 2.71 bits per heavy atom. The van der Waals surface area contributed by atoms with Crippen LogP contribution in [-0.4, -0.2) is 40.6 Å². The second-order valence-corrected chi connectivity index (χ2v) is 9.59. The molecule has 1 atom stereocenters. The number of benzene rings is 2. The highest BCUT2D eigenvalue weighted by atomic mass is 32.1. The summed E-state index contributed by atoms with van der Waals surface area (Å²) in [4.78, 5) is 33.1. The molecule has 0 fully saturated rings. The van der Waals surface area contributed by atoms with Crippen LogP contribution in [0.3, 0.4) is 0 Å². The fraction of sp³-hybridized carbons (Fsp3) is 0.160. The van der Waals surface area contributed by atoms with E-state index >= 15 is 0 Å². The molecule has 0 radical (unpaired) electrons. The summed E-state index contributed by atoms with van der Waals surface area (Å²) >= 11 is 2.47. The zero-order chi connectivity index (χ0) is 24.7. The van der Waals surface area contributed by atoms with Crippen LogP contribution in [-0.2, 0) is 4.79 Å². The molecule has 1 aliphatic rings. The van der Waals surface area contributed by atoms with Gasteiger partial charge in [-0.1, -0.05) is 23.5 Å². The summed E-state index contributed by atoms with van der Waals surface area (Å²) in [5.41, 5.74) is 1.08. The van der Waals surface area contributed by atoms with Crippen LogP contribution in [0.1, 0.15) is 28.2 Å². The van der Waals surface area contributed by atoms with Crippen LogP contribution in [0.25, 0.3) is 10.2 Å². The summed E-state index contributed by atoms with van der Waals surface area (Å²) in [6, 6.07) is 12.4. The van der Waals surface area contributed by atoms with Gasteiger partial charge >= 0.3 is 0 Å². The van der Waals surface area contributed by atoms with Gasteiger partial charge in [-0.15, -0.1) is 11.3 Å². The van der Waals surface area contributed by atoms with Crippen LogP contribution >= 0.6 is 22.7 Å². The Labute approximate surface area is 208 Å². The molecule has 0 saturated heterocycles. The summed E-state index contributed by atoms with van der Waals surface area (Å²) < 4.78 is 11.6. The number of aliphatic hydroxyl groups is 1. The number of aromatic hydroxyl groups is 1. The first kappa shape index (κ1) is 22.9. The molecule has 0 aliphatic carbocycles. The zero-order valence-electron chi connectivity index (χ0n) is 18.7. The third-order valence-corrected chi connectivity index (χ3v) is 7.47. The van der Waals surface area contributed by atoms with Crippen LogP contribution < -0.4 is 14.4 Å². The van der Waals surface area contributed by atoms with Crippen molar-refractivity contribution in [1.82, 2.24) is 4.98 Å². The third-order valence-electron chi connectivity index (χ3n) is 5.58. The molecule has 0 bridgehead atoms. The molecular formula is C25H20N2O6S2. The van der Waals surface area contributed by atoms with Gasteiger partial charge in [-0.05, 0) is 54.3 Å². The molecule has 4 aromatic rings. The highest BCUT2D eigenvalue weighted by Crippen LogP contribution is 2.46. The molecule has 2 aromatic carbocycles. The van der Waals surface area contributed by atoms with Crippen molar-refractivity contribution in [3.8, 4) is 17.2 Å². The third kappa shape index (κ3) is 3.90. The standard InChI is InChI=1S/C25H20N2O6S2/c1-3-33-14-7-8-15-19(12-14)35-25(26-15)27-21(13-6-9-16(28)17(11-13)32-2)20(23(30)24(27)31)22(29)18-5-4-10-34-18/h4-12,21,28,30H,3H2,1-2H3. The Morgan fingerprint density at radius 1 is 1.17 bits per heavy atom. The number of phenolic OH excluding ortho intramolecular Hbond substituents is 1. The summed E-state index contributed by atoms with van der Waals surface area (Å²) in [5, 5.41) is 23.1. The number of hydrogen-bond donors (Lipinski definition) is 2. The normalized spacial score (nSPS) is 15.8. The molecule has 1 amide bonds. The number of aliphatic hydroxyl groups excluding tert-OH is 1. The first-order valence-corrected chi connectivity index (χ1v) is 12.4. The van der Waals surface area contributed by atoms with Gasteiger partial charge in [-0.3, -0.25) is 14.5 Å². The minimum absolute atomic E-state index is 0.0561. The Kier molecular flexibility index (Phi) is 5.91. The van der Waals surface area contributed by atoms with Crippen LogP contribution in [0.2, 0.25) is 0 Å². The van der Waals surface area contributed by atoms with Crippen LogP contribution in [0.4, 0.5) is 5.13 Å². The van der Waals surface area contributed by atoms with Gasteiger partial charge in [-0.2, -0.15) is 0 Å². The highest BCUT2D eigenvalue weighted by molar-refractivity contribution is 7.22. The van der Waals surface area contributed by atoms with Crippen molar-refractivity contribution in [3.05, 3.63) is 75.7 Å². The number of carbonyl (C=O) groups is 2. The number of thiophene rings is 1. The molecular weight excluding hydrogens is 488 g/mol. The van der Waals surface area contributed by atoms with E-state index in [9.17, 15) is 19.8 Å². The summed E-state index contributed by atoms with van der Waals surface area (Å²) in [6.07, 6.45) is 0. The van der Waals surface area contributed by atoms with Crippen LogP contribution in [0, 0.1) is 0 Å². The molecule has 35 heavy (non-hydrogen) atoms. The van der Waals surface area contributed by atoms with Gasteiger partial charge in [-0.25, -0.2) is 4.98 Å². The van der Waals surface area contributed by atoms with E-state index in [0.29, 0.717) is 33.4 Å². The number of nitrogens with zero attached hydrogens (tertiary/aromatic N) is 2. The van der Waals surface area contributed by atoms with E-state index in [1.54, 1.807) is 41.8 Å². The summed E-state index contributed by atoms with van der Waals surface area (Å²) in [7, 11) is 1.41. The first-order valence-electron chi connectivity index (χ1n) is 10.7. The van der Waals surface area contributed by atoms with Gasteiger partial charge in [0.25, 0.3) is 5.91 Å². The number of aromatic nitrogens is 1. The number of thiazole rings is 1. The Morgan fingerprint density at radius 2 is 2.00 bits per heavy atom. The van der Waals surface area contributed by atoms with Crippen molar-refractivity contribution < 1.29 is 29.3 Å². The Hall–Kier alpha value is -3.89. The molecule has 10 heteroatoms. The predicted molar refractivity (Wildman–Crippen MR) is 134 cm³/mol. The smallest absolute Gasteiger partial charge is 0.296 e. The number of amides is 1. The first-order chi connectivity index (χ1) is 16.9. The molecule has 8 nitrogen and oxygen atoms in total. The number of rotatable bonds is 7. The molecule has 1 unspecified atom stereocenters. The molecule has 178 valence electrons. The van der Waals surface area contributed by atoms with Gasteiger partial charge in [0.2, 0.25) is 5.78 Å². The van der Waals surface area contributed by atoms with Crippen molar-refractivity contribution in [2.24, 2.45) is 0 Å². The maximum Gasteiger partial charge on any atom is 0.296 e. The van der Waals surface area contributed by atoms with Crippen molar-refractivity contribution >= 4 is 49.7 Å². The minimum atomic E-state index is -0.974. The monoisotopic (exact) mass is 508 g/mol. The lowest BCUT2D eigenvalue weighted by atomic mass is 9.95. The van der Waals surface area contributed by atoms with Gasteiger partial charge in [0.1, 0.15) is 5.75 Å². The van der Waals surface area contributed by atoms with E-state index in [1.165, 1.54) is 40.7 Å². The molecule has 2 N–H and O–H groups in total. The topological polar surface area (TPSA) is 109 Å². The van der Waals surface area contributed by atoms with Crippen molar-refractivity contribution in [3.63, 3.8) is 0 Å². The molecule has 0 spiro atoms. The van der Waals surface area contributed by atoms with Crippen molar-refractivity contribution in [1.29, 1.82) is 0 Å². The quantitative estimate of drug-likeness (QED) is 0.328.